The molecule has 0 N–H and O–H groups in total. The fraction of sp³-hybridized carbons (Fsp3) is 0.222. The second-order valence-corrected chi connectivity index (χ2v) is 3.65. The molecule has 0 bridgehead atoms. The lowest BCUT2D eigenvalue weighted by Gasteiger charge is -2.04. The highest BCUT2D eigenvalue weighted by Crippen LogP contribution is 2.20. The summed E-state index contributed by atoms with van der Waals surface area (Å²) in [6.45, 7) is 1.54. The first kappa shape index (κ1) is 9.51. The number of carbonyl (C=O) groups is 1. The maximum Gasteiger partial charge on any atom is 0.163 e. The molecular weight excluding hydrogens is 267 g/mol. The van der Waals surface area contributed by atoms with Crippen LogP contribution in [0.5, 0.6) is 5.75 Å². The van der Waals surface area contributed by atoms with Crippen LogP contribution in [0.3, 0.4) is 0 Å². The summed E-state index contributed by atoms with van der Waals surface area (Å²) in [5, 5.41) is 0. The summed E-state index contributed by atoms with van der Waals surface area (Å²) in [6, 6.07) is 5.53. The summed E-state index contributed by atoms with van der Waals surface area (Å²) >= 11 is 2.16. The molecule has 0 amide bonds. The third-order valence-electron chi connectivity index (χ3n) is 1.54. The van der Waals surface area contributed by atoms with Crippen molar-refractivity contribution in [1.29, 1.82) is 0 Å². The zero-order valence-corrected chi connectivity index (χ0v) is 9.08. The van der Waals surface area contributed by atoms with Gasteiger partial charge in [0.25, 0.3) is 0 Å². The van der Waals surface area contributed by atoms with E-state index in [1.54, 1.807) is 13.2 Å². The van der Waals surface area contributed by atoms with Crippen LogP contribution in [0.2, 0.25) is 0 Å². The largest absolute Gasteiger partial charge is 0.496 e. The Labute approximate surface area is 85.1 Å². The number of ether oxygens (including phenoxy) is 1. The number of hydrogen-bond acceptors (Lipinski definition) is 2. The van der Waals surface area contributed by atoms with E-state index in [1.807, 2.05) is 12.1 Å². The van der Waals surface area contributed by atoms with Gasteiger partial charge in [-0.15, -0.1) is 0 Å². The maximum atomic E-state index is 11.1. The third kappa shape index (κ3) is 1.97. The maximum absolute atomic E-state index is 11.1. The Morgan fingerprint density at radius 3 is 2.67 bits per heavy atom. The van der Waals surface area contributed by atoms with Gasteiger partial charge in [-0.1, -0.05) is 0 Å². The minimum absolute atomic E-state index is 0.0327. The van der Waals surface area contributed by atoms with Crippen LogP contribution < -0.4 is 4.74 Å². The van der Waals surface area contributed by atoms with Gasteiger partial charge in [-0.25, -0.2) is 0 Å². The Bertz CT molecular complexity index is 307. The highest BCUT2D eigenvalue weighted by molar-refractivity contribution is 14.1. The summed E-state index contributed by atoms with van der Waals surface area (Å²) < 4.78 is 6.08. The van der Waals surface area contributed by atoms with Crippen LogP contribution in [0.25, 0.3) is 0 Å². The van der Waals surface area contributed by atoms with E-state index >= 15 is 0 Å². The van der Waals surface area contributed by atoms with Crippen molar-refractivity contribution in [3.05, 3.63) is 27.3 Å². The van der Waals surface area contributed by atoms with Gasteiger partial charge in [0, 0.05) is 3.57 Å². The molecule has 0 spiro atoms. The molecule has 0 saturated heterocycles. The number of methoxy groups -OCH3 is 1. The van der Waals surface area contributed by atoms with Gasteiger partial charge in [-0.3, -0.25) is 4.79 Å². The fourth-order valence-electron chi connectivity index (χ4n) is 0.955. The van der Waals surface area contributed by atoms with Crippen molar-refractivity contribution in [3.8, 4) is 5.75 Å². The molecule has 0 radical (unpaired) electrons. The van der Waals surface area contributed by atoms with Crippen molar-refractivity contribution in [2.24, 2.45) is 0 Å². The summed E-state index contributed by atoms with van der Waals surface area (Å²) in [6.07, 6.45) is 0. The van der Waals surface area contributed by atoms with Gasteiger partial charge in [-0.05, 0) is 47.7 Å². The molecule has 0 saturated carbocycles. The lowest BCUT2D eigenvalue weighted by Crippen LogP contribution is -1.97. The number of ketones is 1. The Morgan fingerprint density at radius 2 is 2.17 bits per heavy atom. The van der Waals surface area contributed by atoms with Gasteiger partial charge in [0.1, 0.15) is 5.75 Å². The van der Waals surface area contributed by atoms with Crippen LogP contribution in [-0.4, -0.2) is 12.9 Å². The van der Waals surface area contributed by atoms with E-state index in [-0.39, 0.29) is 5.78 Å². The zero-order chi connectivity index (χ0) is 9.14. The molecule has 64 valence electrons. The monoisotopic (exact) mass is 276 g/mol. The van der Waals surface area contributed by atoms with Crippen LogP contribution in [0.15, 0.2) is 18.2 Å². The van der Waals surface area contributed by atoms with Crippen LogP contribution >= 0.6 is 22.6 Å². The Balaban J connectivity index is 3.21. The van der Waals surface area contributed by atoms with Crippen molar-refractivity contribution in [2.45, 2.75) is 6.92 Å². The second kappa shape index (κ2) is 3.89. The average Bonchev–Trinajstić information content (AvgIpc) is 2.04. The predicted octanol–water partition coefficient (Wildman–Crippen LogP) is 2.50. The van der Waals surface area contributed by atoms with Gasteiger partial charge in [0.2, 0.25) is 0 Å². The molecular formula is C9H9IO2. The van der Waals surface area contributed by atoms with Gasteiger partial charge in [0.15, 0.2) is 5.78 Å². The second-order valence-electron chi connectivity index (χ2n) is 2.40. The minimum atomic E-state index is 0.0327. The number of carbonyl (C=O) groups excluding carboxylic acids is 1. The Hall–Kier alpha value is -0.580. The molecule has 0 aliphatic rings. The fourth-order valence-corrected chi connectivity index (χ4v) is 1.45. The number of hydrogen-bond donors (Lipinski definition) is 0. The van der Waals surface area contributed by atoms with Crippen LogP contribution in [-0.2, 0) is 0 Å². The molecule has 2 nitrogen and oxygen atoms in total. The minimum Gasteiger partial charge on any atom is -0.496 e. The highest BCUT2D eigenvalue weighted by atomic mass is 127. The first-order chi connectivity index (χ1) is 5.65. The molecule has 12 heavy (non-hydrogen) atoms. The number of rotatable bonds is 2. The summed E-state index contributed by atoms with van der Waals surface area (Å²) in [5.74, 6) is 0.674. The van der Waals surface area contributed by atoms with E-state index in [0.717, 1.165) is 3.57 Å². The predicted molar refractivity (Wildman–Crippen MR) is 55.7 cm³/mol. The van der Waals surface area contributed by atoms with E-state index in [4.69, 9.17) is 4.74 Å². The van der Waals surface area contributed by atoms with Crippen LogP contribution in [0.4, 0.5) is 0 Å². The van der Waals surface area contributed by atoms with Crippen molar-refractivity contribution >= 4 is 28.4 Å². The topological polar surface area (TPSA) is 26.3 Å². The van der Waals surface area contributed by atoms with Gasteiger partial charge in [0.05, 0.1) is 12.7 Å². The molecule has 0 unspecified atom stereocenters. The number of benzene rings is 1. The van der Waals surface area contributed by atoms with E-state index in [0.29, 0.717) is 11.3 Å². The summed E-state index contributed by atoms with van der Waals surface area (Å²) in [5.41, 5.74) is 0.643. The number of halogens is 1. The third-order valence-corrected chi connectivity index (χ3v) is 2.21. The van der Waals surface area contributed by atoms with Crippen molar-refractivity contribution < 1.29 is 9.53 Å². The van der Waals surface area contributed by atoms with E-state index < -0.39 is 0 Å². The van der Waals surface area contributed by atoms with Crippen molar-refractivity contribution in [1.82, 2.24) is 0 Å². The zero-order valence-electron chi connectivity index (χ0n) is 6.93. The first-order valence-corrected chi connectivity index (χ1v) is 4.57. The Morgan fingerprint density at radius 1 is 1.50 bits per heavy atom. The van der Waals surface area contributed by atoms with Gasteiger partial charge in [-0.2, -0.15) is 0 Å². The molecule has 0 fully saturated rings. The quantitative estimate of drug-likeness (QED) is 0.612. The first-order valence-electron chi connectivity index (χ1n) is 3.49. The lowest BCUT2D eigenvalue weighted by atomic mass is 10.1. The van der Waals surface area contributed by atoms with Crippen LogP contribution in [0.1, 0.15) is 17.3 Å². The van der Waals surface area contributed by atoms with Crippen LogP contribution in [0, 0.1) is 3.57 Å². The normalized spacial score (nSPS) is 9.58. The Kier molecular flexibility index (Phi) is 3.08. The molecule has 1 aromatic rings. The van der Waals surface area contributed by atoms with Crippen molar-refractivity contribution in [2.75, 3.05) is 7.11 Å². The highest BCUT2D eigenvalue weighted by Gasteiger charge is 2.07. The van der Waals surface area contributed by atoms with Gasteiger partial charge >= 0.3 is 0 Å². The number of Topliss-reactive ketones (excluding diaryl/α,β-unsaturated/α-hetero) is 1. The molecule has 0 heterocycles. The van der Waals surface area contributed by atoms with E-state index in [2.05, 4.69) is 22.6 Å². The molecule has 0 atom stereocenters. The smallest absolute Gasteiger partial charge is 0.163 e. The van der Waals surface area contributed by atoms with E-state index in [9.17, 15) is 4.79 Å². The molecule has 0 aromatic heterocycles. The molecule has 1 rings (SSSR count). The van der Waals surface area contributed by atoms with E-state index in [1.165, 1.54) is 6.92 Å². The average molecular weight is 276 g/mol. The molecule has 1 aromatic carbocycles. The van der Waals surface area contributed by atoms with Gasteiger partial charge < -0.3 is 4.74 Å². The lowest BCUT2D eigenvalue weighted by molar-refractivity contribution is 0.101. The molecule has 0 aliphatic heterocycles. The molecule has 3 heteroatoms. The molecule has 0 aliphatic carbocycles. The summed E-state index contributed by atoms with van der Waals surface area (Å²) in [4.78, 5) is 11.1. The van der Waals surface area contributed by atoms with Crippen molar-refractivity contribution in [3.63, 3.8) is 0 Å². The summed E-state index contributed by atoms with van der Waals surface area (Å²) in [7, 11) is 1.56. The SMILES string of the molecule is COc1ccc(I)cc1C(C)=O. The standard InChI is InChI=1S/C9H9IO2/c1-6(11)8-5-7(10)3-4-9(8)12-2/h3-5H,1-2H3.